The molecule has 1 aromatic heterocycles. The summed E-state index contributed by atoms with van der Waals surface area (Å²) in [5.74, 6) is 0.384. The van der Waals surface area contributed by atoms with Gasteiger partial charge in [-0.05, 0) is 63.4 Å². The number of H-pyrrole nitrogens is 1. The first-order valence-corrected chi connectivity index (χ1v) is 11.1. The van der Waals surface area contributed by atoms with Gasteiger partial charge >= 0.3 is 5.69 Å². The molecule has 158 valence electrons. The van der Waals surface area contributed by atoms with Crippen molar-refractivity contribution in [2.45, 2.75) is 50.9 Å². The number of piperidine rings is 2. The average molecular weight is 407 g/mol. The molecule has 2 N–H and O–H groups in total. The number of hydrogen-bond acceptors (Lipinski definition) is 4. The van der Waals surface area contributed by atoms with Crippen LogP contribution in [0.25, 0.3) is 11.0 Å². The second kappa shape index (κ2) is 8.28. The maximum Gasteiger partial charge on any atom is 0.327 e. The Balaban J connectivity index is 1.32. The number of hydrogen-bond donors (Lipinski definition) is 2. The zero-order valence-electron chi connectivity index (χ0n) is 17.3. The zero-order chi connectivity index (χ0) is 20.5. The number of rotatable bonds is 4. The molecule has 0 aliphatic carbocycles. The van der Waals surface area contributed by atoms with Crippen LogP contribution in [-0.2, 0) is 6.54 Å². The van der Waals surface area contributed by atoms with E-state index >= 15 is 0 Å². The summed E-state index contributed by atoms with van der Waals surface area (Å²) in [6, 6.07) is 16.1. The van der Waals surface area contributed by atoms with Gasteiger partial charge in [0.15, 0.2) is 0 Å². The van der Waals surface area contributed by atoms with E-state index in [0.717, 1.165) is 62.0 Å². The Morgan fingerprint density at radius 1 is 0.933 bits per heavy atom. The van der Waals surface area contributed by atoms with Crippen LogP contribution < -0.4 is 5.69 Å². The number of nitrogens with zero attached hydrogens (tertiary/aromatic N) is 3. The predicted molar refractivity (Wildman–Crippen MR) is 119 cm³/mol. The van der Waals surface area contributed by atoms with Crippen LogP contribution in [0.1, 0.15) is 43.8 Å². The highest BCUT2D eigenvalue weighted by atomic mass is 16.3. The Hall–Kier alpha value is -2.57. The van der Waals surface area contributed by atoms with E-state index in [4.69, 9.17) is 0 Å². The highest BCUT2D eigenvalue weighted by Crippen LogP contribution is 2.33. The molecule has 30 heavy (non-hydrogen) atoms. The fourth-order valence-electron chi connectivity index (χ4n) is 5.30. The highest BCUT2D eigenvalue weighted by Gasteiger charge is 2.33. The third kappa shape index (κ3) is 3.66. The van der Waals surface area contributed by atoms with Gasteiger partial charge in [0, 0.05) is 24.7 Å². The highest BCUT2D eigenvalue weighted by molar-refractivity contribution is 5.75. The fraction of sp³-hybridized carbons (Fsp3) is 0.458. The molecule has 2 saturated heterocycles. The average Bonchev–Trinajstić information content (AvgIpc) is 3.11. The SMILES string of the molecule is O=c1[nH]c2ccccc2n1C1CCCCN1C1CCN(Cc2ccccc2O)CC1. The lowest BCUT2D eigenvalue weighted by Crippen LogP contribution is -2.50. The molecular weight excluding hydrogens is 376 g/mol. The number of aromatic nitrogens is 2. The molecule has 5 rings (SSSR count). The van der Waals surface area contributed by atoms with Crippen LogP contribution in [0, 0.1) is 0 Å². The van der Waals surface area contributed by atoms with Crippen molar-refractivity contribution in [3.05, 3.63) is 64.6 Å². The quantitative estimate of drug-likeness (QED) is 0.694. The number of para-hydroxylation sites is 3. The number of aromatic hydroxyl groups is 1. The number of aromatic amines is 1. The molecule has 2 fully saturated rings. The predicted octanol–water partition coefficient (Wildman–Crippen LogP) is 3.68. The summed E-state index contributed by atoms with van der Waals surface area (Å²) in [5, 5.41) is 10.1. The van der Waals surface area contributed by atoms with Crippen molar-refractivity contribution in [1.29, 1.82) is 0 Å². The van der Waals surface area contributed by atoms with Gasteiger partial charge in [-0.15, -0.1) is 0 Å². The molecule has 0 radical (unpaired) electrons. The van der Waals surface area contributed by atoms with E-state index in [1.165, 1.54) is 12.8 Å². The Labute approximate surface area is 176 Å². The number of imidazole rings is 1. The number of nitrogens with one attached hydrogen (secondary N) is 1. The van der Waals surface area contributed by atoms with E-state index in [9.17, 15) is 9.90 Å². The topological polar surface area (TPSA) is 64.5 Å². The first kappa shape index (κ1) is 19.4. The molecule has 0 bridgehead atoms. The Bertz CT molecular complexity index is 1060. The van der Waals surface area contributed by atoms with E-state index in [-0.39, 0.29) is 11.9 Å². The van der Waals surface area contributed by atoms with Crippen LogP contribution in [0.2, 0.25) is 0 Å². The standard InChI is InChI=1S/C24H30N4O2/c29-22-10-4-1-7-18(22)17-26-15-12-19(13-16-26)27-14-6-5-11-23(27)28-21-9-3-2-8-20(21)25-24(28)30/h1-4,7-10,19,23,29H,5-6,11-17H2,(H,25,30). The summed E-state index contributed by atoms with van der Waals surface area (Å²) in [7, 11) is 0. The van der Waals surface area contributed by atoms with Gasteiger partial charge < -0.3 is 10.1 Å². The maximum absolute atomic E-state index is 12.8. The van der Waals surface area contributed by atoms with Crippen molar-refractivity contribution in [3.63, 3.8) is 0 Å². The van der Waals surface area contributed by atoms with E-state index in [1.54, 1.807) is 6.07 Å². The van der Waals surface area contributed by atoms with Crippen molar-refractivity contribution in [2.24, 2.45) is 0 Å². The fourth-order valence-corrected chi connectivity index (χ4v) is 5.30. The molecule has 2 aliphatic rings. The van der Waals surface area contributed by atoms with E-state index in [2.05, 4.69) is 20.9 Å². The molecule has 2 aromatic carbocycles. The zero-order valence-corrected chi connectivity index (χ0v) is 17.3. The first-order valence-electron chi connectivity index (χ1n) is 11.1. The number of benzene rings is 2. The lowest BCUT2D eigenvalue weighted by Gasteiger charge is -2.45. The second-order valence-corrected chi connectivity index (χ2v) is 8.67. The van der Waals surface area contributed by atoms with Gasteiger partial charge in [-0.25, -0.2) is 4.79 Å². The minimum Gasteiger partial charge on any atom is -0.508 e. The number of fused-ring (bicyclic) bond motifs is 1. The van der Waals surface area contributed by atoms with Gasteiger partial charge in [0.2, 0.25) is 0 Å². The van der Waals surface area contributed by atoms with Gasteiger partial charge in [0.1, 0.15) is 5.75 Å². The Morgan fingerprint density at radius 2 is 1.70 bits per heavy atom. The minimum atomic E-state index is 0.00471. The molecular formula is C24H30N4O2. The van der Waals surface area contributed by atoms with Crippen molar-refractivity contribution in [2.75, 3.05) is 19.6 Å². The molecule has 0 spiro atoms. The van der Waals surface area contributed by atoms with Gasteiger partial charge in [0.05, 0.1) is 17.2 Å². The lowest BCUT2D eigenvalue weighted by atomic mass is 9.97. The van der Waals surface area contributed by atoms with Crippen molar-refractivity contribution < 1.29 is 5.11 Å². The molecule has 1 atom stereocenters. The van der Waals surface area contributed by atoms with Crippen LogP contribution >= 0.6 is 0 Å². The Morgan fingerprint density at radius 3 is 2.53 bits per heavy atom. The molecule has 0 amide bonds. The van der Waals surface area contributed by atoms with Gasteiger partial charge in [-0.2, -0.15) is 0 Å². The van der Waals surface area contributed by atoms with Crippen LogP contribution in [0.3, 0.4) is 0 Å². The molecule has 3 aromatic rings. The van der Waals surface area contributed by atoms with Crippen LogP contribution in [0.5, 0.6) is 5.75 Å². The van der Waals surface area contributed by atoms with E-state index in [0.29, 0.717) is 11.8 Å². The van der Waals surface area contributed by atoms with Crippen molar-refractivity contribution in [3.8, 4) is 5.75 Å². The molecule has 0 saturated carbocycles. The molecule has 6 heteroatoms. The summed E-state index contributed by atoms with van der Waals surface area (Å²) >= 11 is 0. The van der Waals surface area contributed by atoms with Crippen molar-refractivity contribution >= 4 is 11.0 Å². The third-order valence-corrected chi connectivity index (χ3v) is 6.85. The van der Waals surface area contributed by atoms with Crippen LogP contribution in [0.4, 0.5) is 0 Å². The summed E-state index contributed by atoms with van der Waals surface area (Å²) in [6.45, 7) is 3.89. The lowest BCUT2D eigenvalue weighted by molar-refractivity contribution is 0.0171. The first-order chi connectivity index (χ1) is 14.7. The largest absolute Gasteiger partial charge is 0.508 e. The van der Waals surface area contributed by atoms with Crippen LogP contribution in [0.15, 0.2) is 53.3 Å². The number of phenols is 1. The van der Waals surface area contributed by atoms with Gasteiger partial charge in [-0.3, -0.25) is 14.4 Å². The van der Waals surface area contributed by atoms with Gasteiger partial charge in [-0.1, -0.05) is 30.3 Å². The normalized spacial score (nSPS) is 21.9. The van der Waals surface area contributed by atoms with Crippen molar-refractivity contribution in [1.82, 2.24) is 19.4 Å². The second-order valence-electron chi connectivity index (χ2n) is 8.67. The molecule has 1 unspecified atom stereocenters. The molecule has 3 heterocycles. The molecule has 2 aliphatic heterocycles. The summed E-state index contributed by atoms with van der Waals surface area (Å²) in [5.41, 5.74) is 2.93. The van der Waals surface area contributed by atoms with E-state index in [1.807, 2.05) is 41.0 Å². The summed E-state index contributed by atoms with van der Waals surface area (Å²) < 4.78 is 1.99. The Kier molecular flexibility index (Phi) is 5.35. The maximum atomic E-state index is 12.8. The monoisotopic (exact) mass is 406 g/mol. The summed E-state index contributed by atoms with van der Waals surface area (Å²) in [4.78, 5) is 20.9. The summed E-state index contributed by atoms with van der Waals surface area (Å²) in [6.07, 6.45) is 5.73. The van der Waals surface area contributed by atoms with Crippen LogP contribution in [-0.4, -0.2) is 50.1 Å². The molecule has 6 nitrogen and oxygen atoms in total. The minimum absolute atomic E-state index is 0.00471. The third-order valence-electron chi connectivity index (χ3n) is 6.85. The number of phenolic OH excluding ortho intramolecular Hbond substituents is 1. The van der Waals surface area contributed by atoms with E-state index < -0.39 is 0 Å². The smallest absolute Gasteiger partial charge is 0.327 e. The van der Waals surface area contributed by atoms with Gasteiger partial charge in [0.25, 0.3) is 0 Å². The number of likely N-dealkylation sites (tertiary alicyclic amines) is 2.